The summed E-state index contributed by atoms with van der Waals surface area (Å²) in [5, 5.41) is 6.95. The monoisotopic (exact) mass is 282 g/mol. The summed E-state index contributed by atoms with van der Waals surface area (Å²) in [7, 11) is 1.86. The van der Waals surface area contributed by atoms with E-state index in [1.807, 2.05) is 7.05 Å². The topological polar surface area (TPSA) is 48.9 Å². The van der Waals surface area contributed by atoms with Gasteiger partial charge in [0.05, 0.1) is 13.2 Å². The highest BCUT2D eigenvalue weighted by molar-refractivity contribution is 5.79. The van der Waals surface area contributed by atoms with Crippen molar-refractivity contribution in [2.45, 2.75) is 44.6 Å². The Morgan fingerprint density at radius 1 is 1.20 bits per heavy atom. The lowest BCUT2D eigenvalue weighted by Crippen LogP contribution is -2.42. The molecule has 0 aromatic carbocycles. The van der Waals surface area contributed by atoms with Gasteiger partial charge in [-0.1, -0.05) is 12.8 Å². The number of hydrogen-bond donors (Lipinski definition) is 2. The van der Waals surface area contributed by atoms with E-state index in [9.17, 15) is 0 Å². The van der Waals surface area contributed by atoms with Gasteiger partial charge in [0.15, 0.2) is 5.96 Å². The van der Waals surface area contributed by atoms with Crippen LogP contribution in [0.15, 0.2) is 4.99 Å². The minimum atomic E-state index is 0.634. The summed E-state index contributed by atoms with van der Waals surface area (Å²) in [6, 6.07) is 0.634. The Labute approximate surface area is 123 Å². The number of unbranched alkanes of at least 4 members (excludes halogenated alkanes) is 1. The van der Waals surface area contributed by atoms with Crippen LogP contribution < -0.4 is 10.6 Å². The molecule has 0 unspecified atom stereocenters. The van der Waals surface area contributed by atoms with Crippen LogP contribution in [0.2, 0.25) is 0 Å². The second-order valence-corrected chi connectivity index (χ2v) is 5.79. The van der Waals surface area contributed by atoms with Gasteiger partial charge in [0.25, 0.3) is 0 Å². The fourth-order valence-corrected chi connectivity index (χ4v) is 2.95. The number of morpholine rings is 1. The highest BCUT2D eigenvalue weighted by Crippen LogP contribution is 2.17. The molecule has 0 aromatic heterocycles. The highest BCUT2D eigenvalue weighted by atomic mass is 16.5. The van der Waals surface area contributed by atoms with E-state index < -0.39 is 0 Å². The van der Waals surface area contributed by atoms with Crippen molar-refractivity contribution in [3.63, 3.8) is 0 Å². The van der Waals surface area contributed by atoms with Gasteiger partial charge in [0.2, 0.25) is 0 Å². The van der Waals surface area contributed by atoms with Crippen LogP contribution in [0.5, 0.6) is 0 Å². The molecule has 2 fully saturated rings. The van der Waals surface area contributed by atoms with Gasteiger partial charge in [0.1, 0.15) is 0 Å². The molecule has 0 aromatic rings. The van der Waals surface area contributed by atoms with Crippen molar-refractivity contribution in [3.8, 4) is 0 Å². The molecule has 1 aliphatic carbocycles. The average Bonchev–Trinajstić information content (AvgIpc) is 3.00. The molecule has 2 N–H and O–H groups in total. The lowest BCUT2D eigenvalue weighted by atomic mass is 10.2. The Hall–Kier alpha value is -0.810. The van der Waals surface area contributed by atoms with Gasteiger partial charge < -0.3 is 15.4 Å². The van der Waals surface area contributed by atoms with Crippen molar-refractivity contribution in [1.29, 1.82) is 0 Å². The van der Waals surface area contributed by atoms with Crippen molar-refractivity contribution in [1.82, 2.24) is 15.5 Å². The van der Waals surface area contributed by atoms with Crippen molar-refractivity contribution in [2.75, 3.05) is 46.4 Å². The maximum absolute atomic E-state index is 5.36. The van der Waals surface area contributed by atoms with Crippen LogP contribution in [-0.4, -0.2) is 63.3 Å². The first-order chi connectivity index (χ1) is 9.88. The predicted molar refractivity (Wildman–Crippen MR) is 83.2 cm³/mol. The van der Waals surface area contributed by atoms with Gasteiger partial charge in [-0.25, -0.2) is 0 Å². The van der Waals surface area contributed by atoms with E-state index >= 15 is 0 Å². The molecule has 1 saturated heterocycles. The molecule has 0 radical (unpaired) electrons. The minimum Gasteiger partial charge on any atom is -0.379 e. The number of nitrogens with zero attached hydrogens (tertiary/aromatic N) is 2. The van der Waals surface area contributed by atoms with Crippen molar-refractivity contribution < 1.29 is 4.74 Å². The van der Waals surface area contributed by atoms with Crippen LogP contribution in [0.3, 0.4) is 0 Å². The van der Waals surface area contributed by atoms with Gasteiger partial charge in [-0.3, -0.25) is 9.89 Å². The summed E-state index contributed by atoms with van der Waals surface area (Å²) in [6.45, 7) is 6.19. The van der Waals surface area contributed by atoms with Gasteiger partial charge in [0, 0.05) is 32.7 Å². The Morgan fingerprint density at radius 2 is 1.95 bits per heavy atom. The van der Waals surface area contributed by atoms with Gasteiger partial charge in [-0.15, -0.1) is 0 Å². The maximum Gasteiger partial charge on any atom is 0.191 e. The maximum atomic E-state index is 5.36. The third kappa shape index (κ3) is 5.67. The van der Waals surface area contributed by atoms with E-state index in [-0.39, 0.29) is 0 Å². The highest BCUT2D eigenvalue weighted by Gasteiger charge is 2.15. The van der Waals surface area contributed by atoms with Crippen LogP contribution in [0, 0.1) is 0 Å². The first-order valence-electron chi connectivity index (χ1n) is 8.16. The quantitative estimate of drug-likeness (QED) is 0.437. The number of hydrogen-bond acceptors (Lipinski definition) is 3. The smallest absolute Gasteiger partial charge is 0.191 e. The summed E-state index contributed by atoms with van der Waals surface area (Å²) in [4.78, 5) is 6.80. The Morgan fingerprint density at radius 3 is 2.65 bits per heavy atom. The normalized spacial score (nSPS) is 22.1. The number of nitrogens with one attached hydrogen (secondary N) is 2. The van der Waals surface area contributed by atoms with Crippen molar-refractivity contribution in [2.24, 2.45) is 4.99 Å². The summed E-state index contributed by atoms with van der Waals surface area (Å²) >= 11 is 0. The van der Waals surface area contributed by atoms with E-state index in [4.69, 9.17) is 4.74 Å². The SMILES string of the molecule is CN=C(NCCCCN1CCOCC1)NC1CCCC1. The Balaban J connectivity index is 1.50. The Bertz CT molecular complexity index is 284. The average molecular weight is 282 g/mol. The fraction of sp³-hybridized carbons (Fsp3) is 0.933. The summed E-state index contributed by atoms with van der Waals surface area (Å²) < 4.78 is 5.36. The number of ether oxygens (including phenoxy) is 1. The molecule has 2 aliphatic rings. The second kappa shape index (κ2) is 9.19. The largest absolute Gasteiger partial charge is 0.379 e. The molecule has 1 heterocycles. The third-order valence-corrected chi connectivity index (χ3v) is 4.22. The molecule has 5 nitrogen and oxygen atoms in total. The standard InChI is InChI=1S/C15H30N4O/c1-16-15(18-14-6-2-3-7-14)17-8-4-5-9-19-10-12-20-13-11-19/h14H,2-13H2,1H3,(H2,16,17,18). The molecular weight excluding hydrogens is 252 g/mol. The molecule has 1 saturated carbocycles. The van der Waals surface area contributed by atoms with Crippen LogP contribution >= 0.6 is 0 Å². The minimum absolute atomic E-state index is 0.634. The molecule has 0 amide bonds. The summed E-state index contributed by atoms with van der Waals surface area (Å²) in [6.07, 6.45) is 7.73. The molecule has 0 atom stereocenters. The third-order valence-electron chi connectivity index (χ3n) is 4.22. The number of rotatable bonds is 6. The molecule has 1 aliphatic heterocycles. The van der Waals surface area contributed by atoms with Crippen LogP contribution in [-0.2, 0) is 4.74 Å². The van der Waals surface area contributed by atoms with Crippen LogP contribution in [0.25, 0.3) is 0 Å². The first kappa shape index (κ1) is 15.6. The molecule has 5 heteroatoms. The van der Waals surface area contributed by atoms with E-state index in [0.717, 1.165) is 38.8 Å². The lowest BCUT2D eigenvalue weighted by molar-refractivity contribution is 0.0372. The molecular formula is C15H30N4O. The van der Waals surface area contributed by atoms with Crippen LogP contribution in [0.1, 0.15) is 38.5 Å². The zero-order valence-corrected chi connectivity index (χ0v) is 12.9. The zero-order valence-electron chi connectivity index (χ0n) is 12.9. The van der Waals surface area contributed by atoms with Crippen molar-refractivity contribution in [3.05, 3.63) is 0 Å². The predicted octanol–water partition coefficient (Wildman–Crippen LogP) is 1.21. The van der Waals surface area contributed by atoms with Gasteiger partial charge in [-0.05, 0) is 32.2 Å². The molecule has 0 spiro atoms. The van der Waals surface area contributed by atoms with E-state index in [2.05, 4.69) is 20.5 Å². The molecule has 2 rings (SSSR count). The van der Waals surface area contributed by atoms with Gasteiger partial charge in [-0.2, -0.15) is 0 Å². The molecule has 20 heavy (non-hydrogen) atoms. The van der Waals surface area contributed by atoms with Crippen LogP contribution in [0.4, 0.5) is 0 Å². The lowest BCUT2D eigenvalue weighted by Gasteiger charge is -2.26. The molecule has 116 valence electrons. The second-order valence-electron chi connectivity index (χ2n) is 5.79. The Kier molecular flexibility index (Phi) is 7.15. The van der Waals surface area contributed by atoms with E-state index in [1.54, 1.807) is 0 Å². The van der Waals surface area contributed by atoms with Gasteiger partial charge >= 0.3 is 0 Å². The number of aliphatic imine (C=N–C) groups is 1. The van der Waals surface area contributed by atoms with E-state index in [1.165, 1.54) is 45.1 Å². The van der Waals surface area contributed by atoms with Crippen molar-refractivity contribution >= 4 is 5.96 Å². The zero-order chi connectivity index (χ0) is 14.0. The molecule has 0 bridgehead atoms. The summed E-state index contributed by atoms with van der Waals surface area (Å²) in [5.41, 5.74) is 0. The van der Waals surface area contributed by atoms with E-state index in [0.29, 0.717) is 6.04 Å². The summed E-state index contributed by atoms with van der Waals surface area (Å²) in [5.74, 6) is 0.975. The number of guanidine groups is 1. The first-order valence-corrected chi connectivity index (χ1v) is 8.16. The fourth-order valence-electron chi connectivity index (χ4n) is 2.95.